The third kappa shape index (κ3) is 4.08. The van der Waals surface area contributed by atoms with Gasteiger partial charge in [0.05, 0.1) is 4.90 Å². The molecule has 0 fully saturated rings. The fourth-order valence-electron chi connectivity index (χ4n) is 1.90. The summed E-state index contributed by atoms with van der Waals surface area (Å²) in [5.74, 6) is 0.401. The van der Waals surface area contributed by atoms with Gasteiger partial charge in [-0.3, -0.25) is 0 Å². The van der Waals surface area contributed by atoms with Gasteiger partial charge < -0.3 is 5.73 Å². The first-order chi connectivity index (χ1) is 8.36. The van der Waals surface area contributed by atoms with Crippen LogP contribution in [0.15, 0.2) is 29.2 Å². The van der Waals surface area contributed by atoms with Crippen LogP contribution in [0.4, 0.5) is 0 Å². The number of rotatable bonds is 6. The van der Waals surface area contributed by atoms with Crippen LogP contribution in [-0.4, -0.2) is 21.0 Å². The van der Waals surface area contributed by atoms with Gasteiger partial charge in [-0.15, -0.1) is 0 Å². The Balaban J connectivity index is 2.91. The zero-order chi connectivity index (χ0) is 13.8. The number of nitrogens with one attached hydrogen (secondary N) is 1. The molecule has 0 spiro atoms. The van der Waals surface area contributed by atoms with E-state index in [4.69, 9.17) is 5.73 Å². The smallest absolute Gasteiger partial charge is 0.241 e. The van der Waals surface area contributed by atoms with Crippen LogP contribution in [0.25, 0.3) is 0 Å². The maximum atomic E-state index is 12.2. The summed E-state index contributed by atoms with van der Waals surface area (Å²) in [6.07, 6.45) is 0.738. The van der Waals surface area contributed by atoms with E-state index in [9.17, 15) is 8.42 Å². The number of aryl methyl sites for hydroxylation is 1. The number of hydrogen-bond acceptors (Lipinski definition) is 3. The fourth-order valence-corrected chi connectivity index (χ4v) is 3.41. The number of benzene rings is 1. The zero-order valence-corrected chi connectivity index (χ0v) is 12.0. The van der Waals surface area contributed by atoms with Crippen LogP contribution in [0, 0.1) is 12.8 Å². The molecule has 1 atom stereocenters. The van der Waals surface area contributed by atoms with Gasteiger partial charge in [-0.1, -0.05) is 32.0 Å². The monoisotopic (exact) mass is 270 g/mol. The third-order valence-electron chi connectivity index (χ3n) is 2.75. The molecule has 1 aromatic carbocycles. The van der Waals surface area contributed by atoms with Gasteiger partial charge in [0, 0.05) is 12.6 Å². The lowest BCUT2D eigenvalue weighted by atomic mass is 10.1. The SMILES string of the molecule is Cc1ccccc1S(=O)(=O)NC(CN)CC(C)C. The lowest BCUT2D eigenvalue weighted by Gasteiger charge is -2.19. The van der Waals surface area contributed by atoms with E-state index in [-0.39, 0.29) is 6.04 Å². The van der Waals surface area contributed by atoms with Gasteiger partial charge in [-0.2, -0.15) is 0 Å². The molecule has 1 rings (SSSR count). The summed E-state index contributed by atoms with van der Waals surface area (Å²) >= 11 is 0. The first-order valence-electron chi connectivity index (χ1n) is 6.15. The van der Waals surface area contributed by atoms with Gasteiger partial charge in [0.2, 0.25) is 10.0 Å². The van der Waals surface area contributed by atoms with Gasteiger partial charge in [0.25, 0.3) is 0 Å². The van der Waals surface area contributed by atoms with E-state index in [1.54, 1.807) is 25.1 Å². The van der Waals surface area contributed by atoms with Crippen molar-refractivity contribution in [1.29, 1.82) is 0 Å². The van der Waals surface area contributed by atoms with E-state index in [2.05, 4.69) is 4.72 Å². The van der Waals surface area contributed by atoms with Crippen molar-refractivity contribution in [3.8, 4) is 0 Å². The highest BCUT2D eigenvalue weighted by Crippen LogP contribution is 2.15. The van der Waals surface area contributed by atoms with E-state index >= 15 is 0 Å². The van der Waals surface area contributed by atoms with Crippen LogP contribution in [0.5, 0.6) is 0 Å². The zero-order valence-electron chi connectivity index (χ0n) is 11.2. The quantitative estimate of drug-likeness (QED) is 0.825. The van der Waals surface area contributed by atoms with E-state index < -0.39 is 10.0 Å². The minimum absolute atomic E-state index is 0.213. The van der Waals surface area contributed by atoms with Crippen molar-refractivity contribution in [1.82, 2.24) is 4.72 Å². The highest BCUT2D eigenvalue weighted by Gasteiger charge is 2.21. The van der Waals surface area contributed by atoms with Crippen molar-refractivity contribution in [3.63, 3.8) is 0 Å². The highest BCUT2D eigenvalue weighted by molar-refractivity contribution is 7.89. The summed E-state index contributed by atoms with van der Waals surface area (Å²) in [6.45, 7) is 6.19. The first kappa shape index (κ1) is 15.1. The Kier molecular flexibility index (Phi) is 5.31. The molecule has 0 heterocycles. The molecule has 0 aliphatic rings. The molecule has 0 aliphatic heterocycles. The topological polar surface area (TPSA) is 72.2 Å². The molecule has 0 aliphatic carbocycles. The Labute approximate surface area is 110 Å². The molecule has 1 unspecified atom stereocenters. The molecular weight excluding hydrogens is 248 g/mol. The van der Waals surface area contributed by atoms with Crippen molar-refractivity contribution in [3.05, 3.63) is 29.8 Å². The van der Waals surface area contributed by atoms with Crippen LogP contribution < -0.4 is 10.5 Å². The average molecular weight is 270 g/mol. The molecule has 0 saturated carbocycles. The number of sulfonamides is 1. The molecule has 0 bridgehead atoms. The minimum Gasteiger partial charge on any atom is -0.329 e. The van der Waals surface area contributed by atoms with Gasteiger partial charge >= 0.3 is 0 Å². The Morgan fingerprint density at radius 2 is 1.89 bits per heavy atom. The van der Waals surface area contributed by atoms with Crippen molar-refractivity contribution < 1.29 is 8.42 Å². The maximum Gasteiger partial charge on any atom is 0.241 e. The van der Waals surface area contributed by atoms with E-state index in [1.807, 2.05) is 19.9 Å². The Bertz CT molecular complexity index is 484. The average Bonchev–Trinajstić information content (AvgIpc) is 2.27. The molecule has 0 radical (unpaired) electrons. The summed E-state index contributed by atoms with van der Waals surface area (Å²) < 4.78 is 27.2. The predicted molar refractivity (Wildman–Crippen MR) is 73.8 cm³/mol. The van der Waals surface area contributed by atoms with Crippen molar-refractivity contribution in [2.75, 3.05) is 6.54 Å². The second kappa shape index (κ2) is 6.31. The van der Waals surface area contributed by atoms with Gasteiger partial charge in [-0.05, 0) is 30.9 Å². The number of nitrogens with two attached hydrogens (primary N) is 1. The lowest BCUT2D eigenvalue weighted by Crippen LogP contribution is -2.41. The minimum atomic E-state index is -3.48. The van der Waals surface area contributed by atoms with E-state index in [0.29, 0.717) is 17.4 Å². The van der Waals surface area contributed by atoms with Crippen LogP contribution in [0.2, 0.25) is 0 Å². The molecule has 4 nitrogen and oxygen atoms in total. The highest BCUT2D eigenvalue weighted by atomic mass is 32.2. The lowest BCUT2D eigenvalue weighted by molar-refractivity contribution is 0.465. The maximum absolute atomic E-state index is 12.2. The van der Waals surface area contributed by atoms with E-state index in [0.717, 1.165) is 12.0 Å². The molecule has 0 amide bonds. The predicted octanol–water partition coefficient (Wildman–Crippen LogP) is 1.65. The molecule has 0 aromatic heterocycles. The van der Waals surface area contributed by atoms with Crippen LogP contribution >= 0.6 is 0 Å². The van der Waals surface area contributed by atoms with Crippen molar-refractivity contribution >= 4 is 10.0 Å². The Hall–Kier alpha value is -0.910. The Morgan fingerprint density at radius 1 is 1.28 bits per heavy atom. The van der Waals surface area contributed by atoms with Gasteiger partial charge in [0.1, 0.15) is 0 Å². The summed E-state index contributed by atoms with van der Waals surface area (Å²) in [6, 6.07) is 6.73. The second-order valence-corrected chi connectivity index (χ2v) is 6.63. The molecule has 5 heteroatoms. The van der Waals surface area contributed by atoms with Gasteiger partial charge in [-0.25, -0.2) is 13.1 Å². The summed E-state index contributed by atoms with van der Waals surface area (Å²) in [5.41, 5.74) is 6.36. The third-order valence-corrected chi connectivity index (χ3v) is 4.43. The largest absolute Gasteiger partial charge is 0.329 e. The second-order valence-electron chi connectivity index (χ2n) is 4.95. The van der Waals surface area contributed by atoms with Gasteiger partial charge in [0.15, 0.2) is 0 Å². The molecule has 3 N–H and O–H groups in total. The summed E-state index contributed by atoms with van der Waals surface area (Å²) in [4.78, 5) is 0.326. The Morgan fingerprint density at radius 3 is 2.39 bits per heavy atom. The van der Waals surface area contributed by atoms with Crippen LogP contribution in [0.1, 0.15) is 25.8 Å². The molecular formula is C13H22N2O2S. The normalized spacial score (nSPS) is 13.8. The molecule has 0 saturated heterocycles. The van der Waals surface area contributed by atoms with Crippen molar-refractivity contribution in [2.45, 2.75) is 38.1 Å². The summed E-state index contributed by atoms with van der Waals surface area (Å²) in [5, 5.41) is 0. The summed E-state index contributed by atoms with van der Waals surface area (Å²) in [7, 11) is -3.48. The fraction of sp³-hybridized carbons (Fsp3) is 0.538. The first-order valence-corrected chi connectivity index (χ1v) is 7.63. The van der Waals surface area contributed by atoms with Crippen molar-refractivity contribution in [2.24, 2.45) is 11.7 Å². The van der Waals surface area contributed by atoms with Crippen LogP contribution in [-0.2, 0) is 10.0 Å². The van der Waals surface area contributed by atoms with E-state index in [1.165, 1.54) is 0 Å². The molecule has 1 aromatic rings. The standard InChI is InChI=1S/C13H22N2O2S/c1-10(2)8-12(9-14)15-18(16,17)13-7-5-4-6-11(13)3/h4-7,10,12,15H,8-9,14H2,1-3H3. The molecule has 102 valence electrons. The molecule has 18 heavy (non-hydrogen) atoms. The van der Waals surface area contributed by atoms with Crippen LogP contribution in [0.3, 0.4) is 0 Å². The number of hydrogen-bond donors (Lipinski definition) is 2.